The van der Waals surface area contributed by atoms with E-state index in [-0.39, 0.29) is 30.9 Å². The summed E-state index contributed by atoms with van der Waals surface area (Å²) in [5.74, 6) is -1.06. The standard InChI is InChI=1S/C33H45N3O5/c1-23(2)9-5-10-24(3)17-20-36-29-16-15-26(34-19-8-14-31(34)39)21-28(29)33(41,32(36)40)25(4)11-6-13-30(38)35-18-7-12-27(35)22-37/h6,9,11,15-17,21,25,27,37,41H,5,7-8,10,12-14,18-20,22H2,1-4H3/b11-6+,24-17+/t25-,27+,33+/m1/s1. The van der Waals surface area contributed by atoms with Gasteiger partial charge in [-0.2, -0.15) is 0 Å². The summed E-state index contributed by atoms with van der Waals surface area (Å²) in [7, 11) is 0. The van der Waals surface area contributed by atoms with Crippen LogP contribution in [0.25, 0.3) is 0 Å². The molecule has 1 aromatic rings. The van der Waals surface area contributed by atoms with Crippen LogP contribution in [-0.2, 0) is 20.0 Å². The summed E-state index contributed by atoms with van der Waals surface area (Å²) < 4.78 is 0. The number of aliphatic hydroxyl groups is 2. The van der Waals surface area contributed by atoms with Gasteiger partial charge in [-0.05, 0) is 71.1 Å². The normalized spacial score (nSPS) is 23.6. The zero-order valence-corrected chi connectivity index (χ0v) is 24.9. The summed E-state index contributed by atoms with van der Waals surface area (Å²) in [4.78, 5) is 44.3. The Morgan fingerprint density at radius 2 is 1.93 bits per heavy atom. The van der Waals surface area contributed by atoms with Crippen LogP contribution in [0.1, 0.15) is 78.2 Å². The Kier molecular flexibility index (Phi) is 9.87. The topological polar surface area (TPSA) is 101 Å². The highest BCUT2D eigenvalue weighted by Gasteiger charge is 2.52. The number of allylic oxidation sites excluding steroid dienone is 3. The molecule has 3 amide bonds. The van der Waals surface area contributed by atoms with Gasteiger partial charge in [0.2, 0.25) is 11.8 Å². The average Bonchev–Trinajstić information content (AvgIpc) is 3.65. The number of fused-ring (bicyclic) bond motifs is 1. The first-order chi connectivity index (χ1) is 19.6. The molecule has 0 unspecified atom stereocenters. The van der Waals surface area contributed by atoms with E-state index in [1.807, 2.05) is 18.2 Å². The van der Waals surface area contributed by atoms with E-state index < -0.39 is 17.4 Å². The van der Waals surface area contributed by atoms with Gasteiger partial charge < -0.3 is 24.9 Å². The van der Waals surface area contributed by atoms with E-state index in [9.17, 15) is 24.6 Å². The number of amides is 3. The number of likely N-dealkylation sites (tertiary alicyclic amines) is 1. The predicted octanol–water partition coefficient (Wildman–Crippen LogP) is 4.61. The zero-order valence-electron chi connectivity index (χ0n) is 24.9. The van der Waals surface area contributed by atoms with Gasteiger partial charge >= 0.3 is 0 Å². The van der Waals surface area contributed by atoms with Gasteiger partial charge in [-0.25, -0.2) is 0 Å². The maximum Gasteiger partial charge on any atom is 0.264 e. The second-order valence-electron chi connectivity index (χ2n) is 11.9. The number of hydrogen-bond donors (Lipinski definition) is 2. The van der Waals surface area contributed by atoms with E-state index in [0.29, 0.717) is 43.0 Å². The quantitative estimate of drug-likeness (QED) is 0.383. The largest absolute Gasteiger partial charge is 0.394 e. The SMILES string of the molecule is CC(C)=CCC/C(C)=C/CN1C(=O)[C@](O)([C@H](C)/C=C/CC(=O)N2CCC[C@H]2CO)c2cc(N3CCCC3=O)ccc21. The van der Waals surface area contributed by atoms with E-state index in [4.69, 9.17) is 0 Å². The highest BCUT2D eigenvalue weighted by atomic mass is 16.3. The molecule has 3 aliphatic heterocycles. The van der Waals surface area contributed by atoms with Crippen molar-refractivity contribution in [3.63, 3.8) is 0 Å². The molecule has 3 atom stereocenters. The minimum Gasteiger partial charge on any atom is -0.394 e. The van der Waals surface area contributed by atoms with Crippen molar-refractivity contribution in [2.24, 2.45) is 5.92 Å². The van der Waals surface area contributed by atoms with Crippen molar-refractivity contribution in [1.29, 1.82) is 0 Å². The van der Waals surface area contributed by atoms with Crippen molar-refractivity contribution in [2.45, 2.75) is 84.3 Å². The minimum atomic E-state index is -1.83. The Bertz CT molecular complexity index is 1250. The maximum absolute atomic E-state index is 13.9. The number of hydrogen-bond acceptors (Lipinski definition) is 5. The van der Waals surface area contributed by atoms with Crippen molar-refractivity contribution < 1.29 is 24.6 Å². The summed E-state index contributed by atoms with van der Waals surface area (Å²) in [6.07, 6.45) is 12.6. The molecular weight excluding hydrogens is 518 g/mol. The number of carbonyl (C=O) groups excluding carboxylic acids is 3. The molecule has 0 aliphatic carbocycles. The van der Waals surface area contributed by atoms with Gasteiger partial charge in [-0.3, -0.25) is 14.4 Å². The lowest BCUT2D eigenvalue weighted by atomic mass is 9.82. The Morgan fingerprint density at radius 3 is 2.61 bits per heavy atom. The Hall–Kier alpha value is -3.23. The van der Waals surface area contributed by atoms with Gasteiger partial charge in [0.1, 0.15) is 0 Å². The Labute approximate surface area is 244 Å². The van der Waals surface area contributed by atoms with Crippen LogP contribution in [-0.4, -0.2) is 65.1 Å². The van der Waals surface area contributed by atoms with Crippen LogP contribution in [0.3, 0.4) is 0 Å². The van der Waals surface area contributed by atoms with E-state index in [2.05, 4.69) is 26.8 Å². The van der Waals surface area contributed by atoms with E-state index in [1.165, 1.54) is 11.1 Å². The molecule has 0 bridgehead atoms. The van der Waals surface area contributed by atoms with Gasteiger partial charge in [0.15, 0.2) is 5.60 Å². The fraction of sp³-hybridized carbons (Fsp3) is 0.545. The molecule has 2 saturated heterocycles. The van der Waals surface area contributed by atoms with Gasteiger partial charge in [-0.15, -0.1) is 0 Å². The van der Waals surface area contributed by atoms with Crippen LogP contribution in [0.15, 0.2) is 53.6 Å². The highest BCUT2D eigenvalue weighted by molar-refractivity contribution is 6.08. The molecule has 2 fully saturated rings. The Balaban J connectivity index is 1.59. The van der Waals surface area contributed by atoms with E-state index in [0.717, 1.165) is 32.1 Å². The van der Waals surface area contributed by atoms with Crippen LogP contribution in [0.5, 0.6) is 0 Å². The second kappa shape index (κ2) is 13.2. The van der Waals surface area contributed by atoms with Crippen molar-refractivity contribution in [2.75, 3.05) is 36.0 Å². The molecule has 8 nitrogen and oxygen atoms in total. The number of anilines is 2. The maximum atomic E-state index is 13.9. The van der Waals surface area contributed by atoms with Gasteiger partial charge in [0, 0.05) is 49.6 Å². The van der Waals surface area contributed by atoms with Crippen LogP contribution < -0.4 is 9.80 Å². The van der Waals surface area contributed by atoms with Crippen LogP contribution >= 0.6 is 0 Å². The monoisotopic (exact) mass is 563 g/mol. The smallest absolute Gasteiger partial charge is 0.264 e. The molecule has 2 N–H and O–H groups in total. The van der Waals surface area contributed by atoms with Gasteiger partial charge in [0.25, 0.3) is 5.91 Å². The first kappa shape index (κ1) is 30.7. The number of benzene rings is 1. The molecule has 0 radical (unpaired) electrons. The number of nitrogens with zero attached hydrogens (tertiary/aromatic N) is 3. The summed E-state index contributed by atoms with van der Waals surface area (Å²) >= 11 is 0. The fourth-order valence-electron chi connectivity index (χ4n) is 6.13. The minimum absolute atomic E-state index is 0.0409. The van der Waals surface area contributed by atoms with Crippen LogP contribution in [0.2, 0.25) is 0 Å². The van der Waals surface area contributed by atoms with Crippen LogP contribution in [0.4, 0.5) is 11.4 Å². The first-order valence-electron chi connectivity index (χ1n) is 14.9. The lowest BCUT2D eigenvalue weighted by Crippen LogP contribution is -2.44. The molecule has 222 valence electrons. The first-order valence-corrected chi connectivity index (χ1v) is 14.9. The number of carbonyl (C=O) groups is 3. The third kappa shape index (κ3) is 6.49. The molecule has 3 aliphatic rings. The average molecular weight is 564 g/mol. The Morgan fingerprint density at radius 1 is 1.15 bits per heavy atom. The molecule has 0 spiro atoms. The highest BCUT2D eigenvalue weighted by Crippen LogP contribution is 2.47. The van der Waals surface area contributed by atoms with Crippen LogP contribution in [0, 0.1) is 5.92 Å². The molecule has 3 heterocycles. The molecule has 0 aromatic heterocycles. The lowest BCUT2D eigenvalue weighted by Gasteiger charge is -2.28. The van der Waals surface area contributed by atoms with Gasteiger partial charge in [0.05, 0.1) is 18.3 Å². The second-order valence-corrected chi connectivity index (χ2v) is 11.9. The third-order valence-electron chi connectivity index (χ3n) is 8.64. The third-order valence-corrected chi connectivity index (χ3v) is 8.64. The van der Waals surface area contributed by atoms with Crippen molar-refractivity contribution >= 4 is 29.1 Å². The summed E-state index contributed by atoms with van der Waals surface area (Å²) in [6, 6.07) is 5.33. The predicted molar refractivity (Wildman–Crippen MR) is 161 cm³/mol. The van der Waals surface area contributed by atoms with Crippen molar-refractivity contribution in [3.05, 3.63) is 59.2 Å². The summed E-state index contributed by atoms with van der Waals surface area (Å²) in [5.41, 5.74) is 2.42. The molecular formula is C33H45N3O5. The van der Waals surface area contributed by atoms with Gasteiger partial charge in [-0.1, -0.05) is 42.4 Å². The van der Waals surface area contributed by atoms with Crippen molar-refractivity contribution in [3.8, 4) is 0 Å². The summed E-state index contributed by atoms with van der Waals surface area (Å²) in [5, 5.41) is 21.7. The van der Waals surface area contributed by atoms with Crippen molar-refractivity contribution in [1.82, 2.24) is 4.90 Å². The molecule has 0 saturated carbocycles. The molecule has 4 rings (SSSR count). The molecule has 8 heteroatoms. The zero-order chi connectivity index (χ0) is 29.7. The fourth-order valence-corrected chi connectivity index (χ4v) is 6.13. The van der Waals surface area contributed by atoms with E-state index >= 15 is 0 Å². The number of aliphatic hydroxyl groups excluding tert-OH is 1. The number of rotatable bonds is 11. The molecule has 41 heavy (non-hydrogen) atoms. The summed E-state index contributed by atoms with van der Waals surface area (Å²) in [6.45, 7) is 9.54. The van der Waals surface area contributed by atoms with E-state index in [1.54, 1.807) is 39.8 Å². The molecule has 1 aromatic carbocycles. The lowest BCUT2D eigenvalue weighted by molar-refractivity contribution is -0.139.